The number of nitrogens with zero attached hydrogens (tertiary/aromatic N) is 1. The van der Waals surface area contributed by atoms with Gasteiger partial charge < -0.3 is 15.8 Å². The first-order valence-electron chi connectivity index (χ1n) is 11.9. The summed E-state index contributed by atoms with van der Waals surface area (Å²) in [6, 6.07) is 6.89. The first kappa shape index (κ1) is 26.4. The van der Waals surface area contributed by atoms with Crippen LogP contribution in [0.15, 0.2) is 36.4 Å². The maximum atomic E-state index is 14.1. The van der Waals surface area contributed by atoms with Gasteiger partial charge in [0.05, 0.1) is 12.9 Å². The molecule has 0 aliphatic carbocycles. The number of sulfonamides is 1. The van der Waals surface area contributed by atoms with Crippen LogP contribution in [0.1, 0.15) is 41.6 Å². The van der Waals surface area contributed by atoms with E-state index in [0.717, 1.165) is 6.07 Å². The van der Waals surface area contributed by atoms with Crippen LogP contribution >= 0.6 is 0 Å². The number of piperidine rings is 1. The van der Waals surface area contributed by atoms with Gasteiger partial charge in [0, 0.05) is 36.3 Å². The minimum absolute atomic E-state index is 0.0106. The summed E-state index contributed by atoms with van der Waals surface area (Å²) in [4.78, 5) is 12.3. The van der Waals surface area contributed by atoms with Crippen molar-refractivity contribution in [3.8, 4) is 5.75 Å². The number of carbonyl (C=O) groups excluding carboxylic acids is 1. The van der Waals surface area contributed by atoms with E-state index in [1.165, 1.54) is 7.11 Å². The summed E-state index contributed by atoms with van der Waals surface area (Å²) < 4.78 is 73.7. The second-order valence-electron chi connectivity index (χ2n) is 9.47. The average molecular weight is 526 g/mol. The smallest absolute Gasteiger partial charge is 0.251 e. The number of amides is 1. The second-order valence-corrected chi connectivity index (χ2v) is 11.5. The minimum Gasteiger partial charge on any atom is -0.497 e. The first-order valence-corrected chi connectivity index (χ1v) is 13.5. The SMILES string of the molecule is COc1ccc(C(=O)NCCS(=O)(=O)N2C3CCC2CC([C@H](N)Cc2cc(F)c(F)cc2F)C3)cc1. The zero-order valence-corrected chi connectivity index (χ0v) is 20.7. The number of halogens is 3. The van der Waals surface area contributed by atoms with E-state index in [9.17, 15) is 26.4 Å². The normalized spacial score (nSPS) is 22.9. The highest BCUT2D eigenvalue weighted by atomic mass is 32.2. The Morgan fingerprint density at radius 3 is 2.31 bits per heavy atom. The Bertz CT molecular complexity index is 1200. The van der Waals surface area contributed by atoms with Gasteiger partial charge in [-0.3, -0.25) is 4.79 Å². The third kappa shape index (κ3) is 5.68. The van der Waals surface area contributed by atoms with Crippen molar-refractivity contribution < 1.29 is 31.1 Å². The summed E-state index contributed by atoms with van der Waals surface area (Å²) >= 11 is 0. The van der Waals surface area contributed by atoms with Crippen LogP contribution in [0.25, 0.3) is 0 Å². The lowest BCUT2D eigenvalue weighted by Gasteiger charge is -2.40. The maximum Gasteiger partial charge on any atom is 0.251 e. The van der Waals surface area contributed by atoms with Crippen LogP contribution in [0.5, 0.6) is 5.75 Å². The predicted molar refractivity (Wildman–Crippen MR) is 128 cm³/mol. The van der Waals surface area contributed by atoms with Gasteiger partial charge in [0.15, 0.2) is 11.6 Å². The van der Waals surface area contributed by atoms with E-state index in [-0.39, 0.29) is 48.2 Å². The highest BCUT2D eigenvalue weighted by Gasteiger charge is 2.47. The van der Waals surface area contributed by atoms with Crippen LogP contribution in [0.2, 0.25) is 0 Å². The molecule has 3 atom stereocenters. The molecule has 2 aromatic carbocycles. The molecule has 0 saturated carbocycles. The number of rotatable bonds is 9. The van der Waals surface area contributed by atoms with Crippen LogP contribution in [0, 0.1) is 23.4 Å². The number of nitrogens with two attached hydrogens (primary N) is 1. The van der Waals surface area contributed by atoms with E-state index < -0.39 is 33.5 Å². The molecule has 2 fully saturated rings. The fourth-order valence-corrected chi connectivity index (χ4v) is 7.23. The summed E-state index contributed by atoms with van der Waals surface area (Å²) in [6.07, 6.45) is 2.47. The summed E-state index contributed by atoms with van der Waals surface area (Å²) in [5.74, 6) is -3.27. The molecular formula is C25H30F3N3O4S. The quantitative estimate of drug-likeness (QED) is 0.490. The lowest BCUT2D eigenvalue weighted by atomic mass is 9.83. The van der Waals surface area contributed by atoms with Crippen molar-refractivity contribution in [3.05, 3.63) is 65.0 Å². The fraction of sp³-hybridized carbons (Fsp3) is 0.480. The molecule has 2 aromatic rings. The molecule has 36 heavy (non-hydrogen) atoms. The summed E-state index contributed by atoms with van der Waals surface area (Å²) in [5.41, 5.74) is 6.74. The number of carbonyl (C=O) groups is 1. The Hall–Kier alpha value is -2.63. The highest BCUT2D eigenvalue weighted by molar-refractivity contribution is 7.89. The van der Waals surface area contributed by atoms with Crippen molar-refractivity contribution in [2.24, 2.45) is 11.7 Å². The van der Waals surface area contributed by atoms with E-state index in [2.05, 4.69) is 5.32 Å². The van der Waals surface area contributed by atoms with E-state index >= 15 is 0 Å². The van der Waals surface area contributed by atoms with Gasteiger partial charge in [0.2, 0.25) is 10.0 Å². The van der Waals surface area contributed by atoms with Crippen molar-refractivity contribution >= 4 is 15.9 Å². The Morgan fingerprint density at radius 1 is 1.08 bits per heavy atom. The molecule has 2 aliphatic rings. The molecule has 3 N–H and O–H groups in total. The van der Waals surface area contributed by atoms with Crippen molar-refractivity contribution in [1.82, 2.24) is 9.62 Å². The number of methoxy groups -OCH3 is 1. The standard InChI is InChI=1S/C25H30F3N3O4S/c1-35-20-6-2-15(3-7-20)25(32)30-8-9-36(33,34)31-18-4-5-19(31)11-17(10-18)24(29)13-16-12-22(27)23(28)14-21(16)26/h2-3,6-7,12,14,17-19,24H,4-5,8-11,13,29H2,1H3,(H,30,32)/t17?,18?,19?,24-/m1/s1. The molecule has 196 valence electrons. The molecule has 2 unspecified atom stereocenters. The predicted octanol–water partition coefficient (Wildman–Crippen LogP) is 2.99. The van der Waals surface area contributed by atoms with Crippen LogP contribution < -0.4 is 15.8 Å². The largest absolute Gasteiger partial charge is 0.497 e. The third-order valence-electron chi connectivity index (χ3n) is 7.17. The van der Waals surface area contributed by atoms with Crippen LogP contribution in [-0.2, 0) is 16.4 Å². The number of nitrogens with one attached hydrogen (secondary N) is 1. The minimum atomic E-state index is -3.63. The number of fused-ring (bicyclic) bond motifs is 2. The molecule has 2 aliphatic heterocycles. The zero-order chi connectivity index (χ0) is 26.0. The van der Waals surface area contributed by atoms with Crippen LogP contribution in [0.4, 0.5) is 13.2 Å². The van der Waals surface area contributed by atoms with Gasteiger partial charge in [0.1, 0.15) is 11.6 Å². The molecule has 2 bridgehead atoms. The molecule has 11 heteroatoms. The molecule has 0 radical (unpaired) electrons. The molecule has 4 rings (SSSR count). The molecule has 7 nitrogen and oxygen atoms in total. The summed E-state index contributed by atoms with van der Waals surface area (Å²) in [5, 5.41) is 2.65. The van der Waals surface area contributed by atoms with Crippen LogP contribution in [-0.4, -0.2) is 56.2 Å². The highest BCUT2D eigenvalue weighted by Crippen LogP contribution is 2.42. The van der Waals surface area contributed by atoms with E-state index in [1.54, 1.807) is 28.6 Å². The zero-order valence-electron chi connectivity index (χ0n) is 19.9. The van der Waals surface area contributed by atoms with Crippen molar-refractivity contribution in [3.63, 3.8) is 0 Å². The fourth-order valence-electron chi connectivity index (χ4n) is 5.36. The number of benzene rings is 2. The van der Waals surface area contributed by atoms with E-state index in [0.29, 0.717) is 43.1 Å². The third-order valence-corrected chi connectivity index (χ3v) is 9.13. The van der Waals surface area contributed by atoms with Crippen LogP contribution in [0.3, 0.4) is 0 Å². The van der Waals surface area contributed by atoms with Gasteiger partial charge in [-0.1, -0.05) is 0 Å². The van der Waals surface area contributed by atoms with Gasteiger partial charge >= 0.3 is 0 Å². The number of ether oxygens (including phenoxy) is 1. The van der Waals surface area contributed by atoms with Crippen molar-refractivity contribution in [2.75, 3.05) is 19.4 Å². The molecular weight excluding hydrogens is 495 g/mol. The second kappa shape index (κ2) is 10.8. The first-order chi connectivity index (χ1) is 17.1. The Kier molecular flexibility index (Phi) is 7.91. The molecule has 2 saturated heterocycles. The Balaban J connectivity index is 1.33. The van der Waals surface area contributed by atoms with Gasteiger partial charge in [-0.05, 0) is 73.9 Å². The van der Waals surface area contributed by atoms with Gasteiger partial charge in [-0.25, -0.2) is 21.6 Å². The number of hydrogen-bond acceptors (Lipinski definition) is 5. The topological polar surface area (TPSA) is 102 Å². The molecule has 1 amide bonds. The average Bonchev–Trinajstić information content (AvgIpc) is 3.13. The Morgan fingerprint density at radius 2 is 1.69 bits per heavy atom. The maximum absolute atomic E-state index is 14.1. The van der Waals surface area contributed by atoms with E-state index in [1.807, 2.05) is 0 Å². The Labute approximate surface area is 208 Å². The summed E-state index contributed by atoms with van der Waals surface area (Å²) in [7, 11) is -2.10. The molecule has 2 heterocycles. The molecule has 0 spiro atoms. The van der Waals surface area contributed by atoms with Crippen molar-refractivity contribution in [1.29, 1.82) is 0 Å². The van der Waals surface area contributed by atoms with Crippen molar-refractivity contribution in [2.45, 2.75) is 50.2 Å². The van der Waals surface area contributed by atoms with Gasteiger partial charge in [-0.2, -0.15) is 4.31 Å². The lowest BCUT2D eigenvalue weighted by molar-refractivity contribution is 0.0956. The number of hydrogen-bond donors (Lipinski definition) is 2. The van der Waals surface area contributed by atoms with E-state index in [4.69, 9.17) is 10.5 Å². The van der Waals surface area contributed by atoms with Gasteiger partial charge in [-0.15, -0.1) is 0 Å². The molecule has 0 aromatic heterocycles. The monoisotopic (exact) mass is 525 g/mol. The summed E-state index contributed by atoms with van der Waals surface area (Å²) in [6.45, 7) is -0.0263. The lowest BCUT2D eigenvalue weighted by Crippen LogP contribution is -2.51. The van der Waals surface area contributed by atoms with Gasteiger partial charge in [0.25, 0.3) is 5.91 Å².